The Balaban J connectivity index is 4.07. The van der Waals surface area contributed by atoms with Crippen molar-refractivity contribution in [3.63, 3.8) is 0 Å². The minimum absolute atomic E-state index is 0.275. The van der Waals surface area contributed by atoms with Crippen molar-refractivity contribution in [2.24, 2.45) is 0 Å². The average molecular weight is 624 g/mol. The number of allylic oxidation sites excluding steroid dienone is 7. The number of amides is 1. The molecular formula is C36H65NO5S. The molecule has 6 nitrogen and oxygen atoms in total. The van der Waals surface area contributed by atoms with E-state index >= 15 is 0 Å². The van der Waals surface area contributed by atoms with Gasteiger partial charge in [0.2, 0.25) is 5.91 Å². The minimum Gasteiger partial charge on any atom is -0.387 e. The molecule has 0 saturated carbocycles. The van der Waals surface area contributed by atoms with Gasteiger partial charge in [0.05, 0.1) is 17.9 Å². The van der Waals surface area contributed by atoms with Crippen LogP contribution in [0.1, 0.15) is 155 Å². The molecular weight excluding hydrogens is 558 g/mol. The molecule has 0 heterocycles. The van der Waals surface area contributed by atoms with Gasteiger partial charge in [-0.25, -0.2) is 0 Å². The van der Waals surface area contributed by atoms with E-state index in [0.29, 0.717) is 6.42 Å². The van der Waals surface area contributed by atoms with Gasteiger partial charge >= 0.3 is 0 Å². The summed E-state index contributed by atoms with van der Waals surface area (Å²) in [5, 5.41) is 13.1. The summed E-state index contributed by atoms with van der Waals surface area (Å²) in [7, 11) is -4.34. The lowest BCUT2D eigenvalue weighted by atomic mass is 10.0. The molecule has 0 aliphatic rings. The summed E-state index contributed by atoms with van der Waals surface area (Å²) in [4.78, 5) is 12.4. The monoisotopic (exact) mass is 623 g/mol. The zero-order chi connectivity index (χ0) is 31.9. The number of rotatable bonds is 30. The van der Waals surface area contributed by atoms with Gasteiger partial charge in [-0.3, -0.25) is 9.35 Å². The number of carbonyl (C=O) groups is 1. The molecule has 0 fully saturated rings. The van der Waals surface area contributed by atoms with Crippen LogP contribution in [0.2, 0.25) is 0 Å². The van der Waals surface area contributed by atoms with Gasteiger partial charge in [-0.05, 0) is 51.4 Å². The summed E-state index contributed by atoms with van der Waals surface area (Å²) in [6.45, 7) is 4.38. The van der Waals surface area contributed by atoms with Crippen molar-refractivity contribution in [2.75, 3.05) is 5.75 Å². The number of unbranched alkanes of at least 4 members (excludes halogenated alkanes) is 16. The summed E-state index contributed by atoms with van der Waals surface area (Å²) in [5.74, 6) is -1.00. The summed E-state index contributed by atoms with van der Waals surface area (Å²) in [5.41, 5.74) is 0. The molecule has 0 saturated heterocycles. The first-order valence-corrected chi connectivity index (χ1v) is 18.9. The van der Waals surface area contributed by atoms with Crippen molar-refractivity contribution in [3.05, 3.63) is 48.6 Å². The number of hydrogen-bond donors (Lipinski definition) is 3. The molecule has 7 heteroatoms. The lowest BCUT2D eigenvalue weighted by Crippen LogP contribution is -2.46. The van der Waals surface area contributed by atoms with Gasteiger partial charge in [0.25, 0.3) is 10.1 Å². The van der Waals surface area contributed by atoms with E-state index in [0.717, 1.165) is 70.6 Å². The van der Waals surface area contributed by atoms with Gasteiger partial charge in [-0.15, -0.1) is 0 Å². The average Bonchev–Trinajstić information content (AvgIpc) is 2.96. The Kier molecular flexibility index (Phi) is 29.1. The number of aliphatic hydroxyl groups is 1. The zero-order valence-electron chi connectivity index (χ0n) is 27.6. The third-order valence-electron chi connectivity index (χ3n) is 7.51. The highest BCUT2D eigenvalue weighted by Gasteiger charge is 2.24. The van der Waals surface area contributed by atoms with Crippen molar-refractivity contribution in [2.45, 2.75) is 167 Å². The number of carbonyl (C=O) groups excluding carboxylic acids is 1. The van der Waals surface area contributed by atoms with Gasteiger partial charge < -0.3 is 10.4 Å². The Morgan fingerprint density at radius 1 is 0.651 bits per heavy atom. The van der Waals surface area contributed by atoms with Crippen LogP contribution >= 0.6 is 0 Å². The first-order chi connectivity index (χ1) is 20.8. The van der Waals surface area contributed by atoms with Crippen LogP contribution in [-0.4, -0.2) is 41.9 Å². The van der Waals surface area contributed by atoms with E-state index in [2.05, 4.69) is 55.6 Å². The maximum absolute atomic E-state index is 12.4. The smallest absolute Gasteiger partial charge is 0.267 e. The van der Waals surface area contributed by atoms with Crippen LogP contribution in [0, 0.1) is 0 Å². The van der Waals surface area contributed by atoms with Crippen molar-refractivity contribution in [1.29, 1.82) is 0 Å². The first kappa shape index (κ1) is 41.3. The minimum atomic E-state index is -4.34. The Morgan fingerprint density at radius 2 is 1.12 bits per heavy atom. The van der Waals surface area contributed by atoms with Crippen molar-refractivity contribution >= 4 is 16.0 Å². The van der Waals surface area contributed by atoms with Crippen LogP contribution in [-0.2, 0) is 14.9 Å². The fourth-order valence-corrected chi connectivity index (χ4v) is 5.67. The second-order valence-corrected chi connectivity index (χ2v) is 13.3. The van der Waals surface area contributed by atoms with Crippen LogP contribution < -0.4 is 5.32 Å². The normalized spacial score (nSPS) is 14.0. The topological polar surface area (TPSA) is 104 Å². The first-order valence-electron chi connectivity index (χ1n) is 17.3. The highest BCUT2D eigenvalue weighted by molar-refractivity contribution is 7.85. The summed E-state index contributed by atoms with van der Waals surface area (Å²) in [6, 6.07) is -1.06. The summed E-state index contributed by atoms with van der Waals surface area (Å²) < 4.78 is 32.3. The molecule has 0 rings (SSSR count). The van der Waals surface area contributed by atoms with E-state index < -0.39 is 28.0 Å². The van der Waals surface area contributed by atoms with Gasteiger partial charge in [0.1, 0.15) is 0 Å². The molecule has 0 aromatic rings. The van der Waals surface area contributed by atoms with Crippen molar-refractivity contribution < 1.29 is 22.9 Å². The van der Waals surface area contributed by atoms with Gasteiger partial charge in [0.15, 0.2) is 0 Å². The lowest BCUT2D eigenvalue weighted by Gasteiger charge is -2.21. The molecule has 0 aliphatic heterocycles. The molecule has 1 amide bonds. The maximum Gasteiger partial charge on any atom is 0.267 e. The van der Waals surface area contributed by atoms with Gasteiger partial charge in [-0.1, -0.05) is 146 Å². The highest BCUT2D eigenvalue weighted by Crippen LogP contribution is 2.13. The molecule has 3 N–H and O–H groups in total. The Morgan fingerprint density at radius 3 is 1.65 bits per heavy atom. The lowest BCUT2D eigenvalue weighted by molar-refractivity contribution is -0.122. The molecule has 0 aliphatic carbocycles. The molecule has 0 bridgehead atoms. The standard InChI is InChI=1S/C36H65NO5S/c1-3-5-7-9-11-13-15-17-18-20-22-24-26-28-30-32-36(39)37-34(33-43(40,41)42)35(38)31-29-27-25-23-21-19-16-14-12-10-8-6-4-2/h5,7,11,13,17-18,29,31,34-35,38H,3-4,6,8-10,12,14-16,19-28,30,32-33H2,1-2H3,(H,37,39)(H,40,41,42)/b7-5-,13-11-,18-17-,31-29+. The highest BCUT2D eigenvalue weighted by atomic mass is 32.2. The van der Waals surface area contributed by atoms with E-state index in [1.807, 2.05) is 6.08 Å². The number of nitrogens with one attached hydrogen (secondary N) is 1. The third kappa shape index (κ3) is 31.5. The van der Waals surface area contributed by atoms with Crippen LogP contribution in [0.15, 0.2) is 48.6 Å². The molecule has 43 heavy (non-hydrogen) atoms. The van der Waals surface area contributed by atoms with Gasteiger partial charge in [0, 0.05) is 6.42 Å². The van der Waals surface area contributed by atoms with E-state index in [-0.39, 0.29) is 12.3 Å². The molecule has 2 atom stereocenters. The number of hydrogen-bond acceptors (Lipinski definition) is 4. The summed E-state index contributed by atoms with van der Waals surface area (Å²) in [6.07, 6.45) is 39.4. The molecule has 0 spiro atoms. The third-order valence-corrected chi connectivity index (χ3v) is 8.29. The molecule has 0 aromatic carbocycles. The SMILES string of the molecule is CC/C=C\C/C=C\C/C=C\CCCCCCCC(=O)NC(CS(=O)(=O)O)C(O)/C=C/CCCCCCCCCCCCC. The fourth-order valence-electron chi connectivity index (χ4n) is 4.93. The van der Waals surface area contributed by atoms with Crippen molar-refractivity contribution in [1.82, 2.24) is 5.32 Å². The maximum atomic E-state index is 12.4. The Labute approximate surface area is 265 Å². The van der Waals surface area contributed by atoms with E-state index in [9.17, 15) is 22.9 Å². The van der Waals surface area contributed by atoms with E-state index in [1.54, 1.807) is 6.08 Å². The molecule has 250 valence electrons. The molecule has 2 unspecified atom stereocenters. The predicted molar refractivity (Wildman–Crippen MR) is 184 cm³/mol. The van der Waals surface area contributed by atoms with E-state index in [1.165, 1.54) is 57.8 Å². The zero-order valence-corrected chi connectivity index (χ0v) is 28.4. The largest absolute Gasteiger partial charge is 0.387 e. The van der Waals surface area contributed by atoms with Crippen LogP contribution in [0.5, 0.6) is 0 Å². The van der Waals surface area contributed by atoms with Gasteiger partial charge in [-0.2, -0.15) is 8.42 Å². The second kappa shape index (κ2) is 30.3. The predicted octanol–water partition coefficient (Wildman–Crippen LogP) is 9.57. The van der Waals surface area contributed by atoms with Crippen LogP contribution in [0.3, 0.4) is 0 Å². The summed E-state index contributed by atoms with van der Waals surface area (Å²) >= 11 is 0. The number of aliphatic hydroxyl groups excluding tert-OH is 1. The van der Waals surface area contributed by atoms with Crippen molar-refractivity contribution in [3.8, 4) is 0 Å². The quantitative estimate of drug-likeness (QED) is 0.0420. The van der Waals surface area contributed by atoms with Crippen LogP contribution in [0.4, 0.5) is 0 Å². The molecule has 0 radical (unpaired) electrons. The van der Waals surface area contributed by atoms with Crippen LogP contribution in [0.25, 0.3) is 0 Å². The fraction of sp³-hybridized carbons (Fsp3) is 0.750. The Bertz CT molecular complexity index is 863. The second-order valence-electron chi connectivity index (χ2n) is 11.8. The Hall–Kier alpha value is -1.70. The molecule has 0 aromatic heterocycles. The van der Waals surface area contributed by atoms with E-state index in [4.69, 9.17) is 0 Å².